The molecule has 1 aliphatic carbocycles. The van der Waals surface area contributed by atoms with Crippen molar-refractivity contribution in [2.45, 2.75) is 26.7 Å². The molecule has 1 aliphatic rings. The summed E-state index contributed by atoms with van der Waals surface area (Å²) in [4.78, 5) is 26.6. The largest absolute Gasteiger partial charge is 0.478 e. The molecule has 1 aromatic heterocycles. The molecule has 0 radical (unpaired) electrons. The Bertz CT molecular complexity index is 575. The van der Waals surface area contributed by atoms with Crippen LogP contribution in [0.25, 0.3) is 6.08 Å². The van der Waals surface area contributed by atoms with Crippen LogP contribution in [0.5, 0.6) is 0 Å². The van der Waals surface area contributed by atoms with Crippen molar-refractivity contribution in [3.63, 3.8) is 0 Å². The summed E-state index contributed by atoms with van der Waals surface area (Å²) in [6.07, 6.45) is 7.77. The average Bonchev–Trinajstić information content (AvgIpc) is 3.24. The van der Waals surface area contributed by atoms with Crippen LogP contribution in [0.3, 0.4) is 0 Å². The number of nitrogens with zero attached hydrogens (tertiary/aromatic N) is 1. The lowest BCUT2D eigenvalue weighted by Gasteiger charge is -2.19. The maximum absolute atomic E-state index is 12.1. The normalized spacial score (nSPS) is 16.1. The van der Waals surface area contributed by atoms with E-state index in [1.54, 1.807) is 6.07 Å². The molecule has 0 aliphatic heterocycles. The molecule has 1 saturated carbocycles. The molecule has 1 fully saturated rings. The molecule has 0 atom stereocenters. The van der Waals surface area contributed by atoms with Gasteiger partial charge in [0.05, 0.1) is 5.56 Å². The number of nitrogens with one attached hydrogen (secondary N) is 1. The van der Waals surface area contributed by atoms with E-state index in [1.165, 1.54) is 18.5 Å². The first kappa shape index (κ1) is 15.2. The molecule has 0 saturated heterocycles. The van der Waals surface area contributed by atoms with Gasteiger partial charge in [-0.1, -0.05) is 13.8 Å². The predicted molar refractivity (Wildman–Crippen MR) is 79.7 cm³/mol. The van der Waals surface area contributed by atoms with Crippen LogP contribution >= 0.6 is 0 Å². The Kier molecular flexibility index (Phi) is 4.40. The van der Waals surface area contributed by atoms with E-state index in [1.807, 2.05) is 0 Å². The Labute approximate surface area is 124 Å². The van der Waals surface area contributed by atoms with Crippen LogP contribution in [-0.4, -0.2) is 28.5 Å². The standard InChI is InChI=1S/C16H20N2O3/c1-11(2)16(5-6-16)10-18-15(21)13-7-12(8-17-9-13)3-4-14(19)20/h3-4,7-9,11H,5-6,10H2,1-2H3,(H,18,21)(H,19,20)/b4-3+. The number of rotatable bonds is 6. The topological polar surface area (TPSA) is 79.3 Å². The summed E-state index contributed by atoms with van der Waals surface area (Å²) in [5, 5.41) is 11.6. The van der Waals surface area contributed by atoms with Gasteiger partial charge in [0, 0.05) is 25.0 Å². The molecule has 1 heterocycles. The quantitative estimate of drug-likeness (QED) is 0.787. The molecular weight excluding hydrogens is 268 g/mol. The molecule has 0 unspecified atom stereocenters. The lowest BCUT2D eigenvalue weighted by molar-refractivity contribution is -0.131. The van der Waals surface area contributed by atoms with E-state index < -0.39 is 5.97 Å². The fraction of sp³-hybridized carbons (Fsp3) is 0.438. The van der Waals surface area contributed by atoms with Crippen LogP contribution in [0.2, 0.25) is 0 Å². The van der Waals surface area contributed by atoms with Crippen LogP contribution in [0, 0.1) is 11.3 Å². The van der Waals surface area contributed by atoms with Gasteiger partial charge >= 0.3 is 5.97 Å². The monoisotopic (exact) mass is 288 g/mol. The molecule has 1 amide bonds. The molecular formula is C16H20N2O3. The summed E-state index contributed by atoms with van der Waals surface area (Å²) < 4.78 is 0. The fourth-order valence-electron chi connectivity index (χ4n) is 2.32. The number of pyridine rings is 1. The summed E-state index contributed by atoms with van der Waals surface area (Å²) in [6, 6.07) is 1.64. The highest BCUT2D eigenvalue weighted by atomic mass is 16.4. The Balaban J connectivity index is 1.99. The van der Waals surface area contributed by atoms with Crippen molar-refractivity contribution in [2.75, 3.05) is 6.54 Å². The lowest BCUT2D eigenvalue weighted by atomic mass is 9.92. The first-order valence-electron chi connectivity index (χ1n) is 7.07. The first-order valence-corrected chi connectivity index (χ1v) is 7.07. The number of carbonyl (C=O) groups excluding carboxylic acids is 1. The van der Waals surface area contributed by atoms with Crippen molar-refractivity contribution >= 4 is 18.0 Å². The zero-order valence-electron chi connectivity index (χ0n) is 12.3. The highest BCUT2D eigenvalue weighted by Crippen LogP contribution is 2.51. The number of aliphatic carboxylic acids is 1. The third-order valence-electron chi connectivity index (χ3n) is 4.16. The third kappa shape index (κ3) is 3.90. The Morgan fingerprint density at radius 2 is 2.14 bits per heavy atom. The van der Waals surface area contributed by atoms with Gasteiger partial charge in [0.1, 0.15) is 0 Å². The first-order chi connectivity index (χ1) is 9.93. The van der Waals surface area contributed by atoms with Gasteiger partial charge in [-0.2, -0.15) is 0 Å². The number of carboxylic acids is 1. The Morgan fingerprint density at radius 3 is 2.71 bits per heavy atom. The maximum Gasteiger partial charge on any atom is 0.328 e. The zero-order chi connectivity index (χ0) is 15.5. The van der Waals surface area contributed by atoms with E-state index in [-0.39, 0.29) is 11.3 Å². The van der Waals surface area contributed by atoms with Gasteiger partial charge in [0.15, 0.2) is 0 Å². The molecule has 5 nitrogen and oxygen atoms in total. The van der Waals surface area contributed by atoms with E-state index in [4.69, 9.17) is 5.11 Å². The number of hydrogen-bond acceptors (Lipinski definition) is 3. The van der Waals surface area contributed by atoms with Crippen molar-refractivity contribution in [3.8, 4) is 0 Å². The number of aromatic nitrogens is 1. The van der Waals surface area contributed by atoms with E-state index in [9.17, 15) is 9.59 Å². The van der Waals surface area contributed by atoms with Crippen molar-refractivity contribution in [1.29, 1.82) is 0 Å². The molecule has 2 rings (SSSR count). The van der Waals surface area contributed by atoms with Crippen molar-refractivity contribution < 1.29 is 14.7 Å². The van der Waals surface area contributed by atoms with Crippen LogP contribution in [-0.2, 0) is 4.79 Å². The lowest BCUT2D eigenvalue weighted by Crippen LogP contribution is -2.32. The SMILES string of the molecule is CC(C)C1(CNC(=O)c2cncc(/C=C/C(=O)O)c2)CC1. The smallest absolute Gasteiger partial charge is 0.328 e. The van der Waals surface area contributed by atoms with Crippen molar-refractivity contribution in [3.05, 3.63) is 35.7 Å². The molecule has 21 heavy (non-hydrogen) atoms. The highest BCUT2D eigenvalue weighted by Gasteiger charge is 2.45. The second-order valence-electron chi connectivity index (χ2n) is 5.88. The average molecular weight is 288 g/mol. The zero-order valence-corrected chi connectivity index (χ0v) is 12.3. The number of carboxylic acid groups (broad SMARTS) is 1. The Hall–Kier alpha value is -2.17. The second-order valence-corrected chi connectivity index (χ2v) is 5.88. The summed E-state index contributed by atoms with van der Waals surface area (Å²) in [5.74, 6) is -0.641. The molecule has 0 aromatic carbocycles. The Morgan fingerprint density at radius 1 is 1.43 bits per heavy atom. The summed E-state index contributed by atoms with van der Waals surface area (Å²) in [6.45, 7) is 5.04. The second kappa shape index (κ2) is 6.08. The summed E-state index contributed by atoms with van der Waals surface area (Å²) in [5.41, 5.74) is 1.29. The summed E-state index contributed by atoms with van der Waals surface area (Å²) in [7, 11) is 0. The molecule has 0 spiro atoms. The number of hydrogen-bond donors (Lipinski definition) is 2. The van der Waals surface area contributed by atoms with Gasteiger partial charge in [0.25, 0.3) is 5.91 Å². The van der Waals surface area contributed by atoms with Gasteiger partial charge in [-0.05, 0) is 41.9 Å². The number of carbonyl (C=O) groups is 2. The van der Waals surface area contributed by atoms with Gasteiger partial charge in [0.2, 0.25) is 0 Å². The summed E-state index contributed by atoms with van der Waals surface area (Å²) >= 11 is 0. The predicted octanol–water partition coefficient (Wildman–Crippen LogP) is 2.35. The minimum Gasteiger partial charge on any atom is -0.478 e. The van der Waals surface area contributed by atoms with Gasteiger partial charge in [-0.15, -0.1) is 0 Å². The molecule has 2 N–H and O–H groups in total. The molecule has 1 aromatic rings. The number of amides is 1. The van der Waals surface area contributed by atoms with E-state index in [0.29, 0.717) is 23.6 Å². The molecule has 112 valence electrons. The third-order valence-corrected chi connectivity index (χ3v) is 4.16. The van der Waals surface area contributed by atoms with Gasteiger partial charge in [-0.25, -0.2) is 4.79 Å². The van der Waals surface area contributed by atoms with E-state index in [0.717, 1.165) is 18.9 Å². The van der Waals surface area contributed by atoms with E-state index in [2.05, 4.69) is 24.1 Å². The van der Waals surface area contributed by atoms with E-state index >= 15 is 0 Å². The van der Waals surface area contributed by atoms with Crippen LogP contribution in [0.4, 0.5) is 0 Å². The maximum atomic E-state index is 12.1. The molecule has 5 heteroatoms. The van der Waals surface area contributed by atoms with Crippen LogP contribution < -0.4 is 5.32 Å². The highest BCUT2D eigenvalue weighted by molar-refractivity contribution is 5.94. The van der Waals surface area contributed by atoms with Crippen LogP contribution in [0.1, 0.15) is 42.6 Å². The van der Waals surface area contributed by atoms with Crippen molar-refractivity contribution in [1.82, 2.24) is 10.3 Å². The van der Waals surface area contributed by atoms with Crippen LogP contribution in [0.15, 0.2) is 24.5 Å². The molecule has 0 bridgehead atoms. The van der Waals surface area contributed by atoms with Crippen molar-refractivity contribution in [2.24, 2.45) is 11.3 Å². The minimum atomic E-state index is -1.03. The van der Waals surface area contributed by atoms with Gasteiger partial charge in [-0.3, -0.25) is 9.78 Å². The fourth-order valence-corrected chi connectivity index (χ4v) is 2.32. The van der Waals surface area contributed by atoms with Gasteiger partial charge < -0.3 is 10.4 Å². The minimum absolute atomic E-state index is 0.167.